The van der Waals surface area contributed by atoms with Crippen LogP contribution >= 0.6 is 23.1 Å². The average Bonchev–Trinajstić information content (AvgIpc) is 3.05. The van der Waals surface area contributed by atoms with Crippen molar-refractivity contribution >= 4 is 45.5 Å². The number of carbonyl (C=O) groups is 1. The van der Waals surface area contributed by atoms with Crippen molar-refractivity contribution in [2.75, 3.05) is 16.4 Å². The minimum absolute atomic E-state index is 0.0986. The van der Waals surface area contributed by atoms with Gasteiger partial charge in [0.15, 0.2) is 4.34 Å². The molecule has 0 fully saturated rings. The fourth-order valence-corrected chi connectivity index (χ4v) is 3.78. The van der Waals surface area contributed by atoms with Gasteiger partial charge in [-0.25, -0.2) is 4.39 Å². The first-order valence-electron chi connectivity index (χ1n) is 7.86. The highest BCUT2D eigenvalue weighted by Gasteiger charge is 2.10. The molecule has 0 atom stereocenters. The zero-order valence-electron chi connectivity index (χ0n) is 14.2. The van der Waals surface area contributed by atoms with E-state index in [-0.39, 0.29) is 17.5 Å². The molecular formula is C18H17FN4OS2. The number of rotatable bonds is 6. The van der Waals surface area contributed by atoms with Crippen LogP contribution in [0, 0.1) is 19.7 Å². The lowest BCUT2D eigenvalue weighted by molar-refractivity contribution is -0.113. The fraction of sp³-hybridized carbons (Fsp3) is 0.167. The van der Waals surface area contributed by atoms with Gasteiger partial charge in [-0.1, -0.05) is 41.3 Å². The van der Waals surface area contributed by atoms with Gasteiger partial charge in [-0.3, -0.25) is 4.79 Å². The fourth-order valence-electron chi connectivity index (χ4n) is 2.21. The second-order valence-electron chi connectivity index (χ2n) is 5.59. The first-order valence-corrected chi connectivity index (χ1v) is 9.66. The van der Waals surface area contributed by atoms with Gasteiger partial charge < -0.3 is 10.6 Å². The van der Waals surface area contributed by atoms with Crippen LogP contribution in [0.3, 0.4) is 0 Å². The zero-order chi connectivity index (χ0) is 18.5. The predicted molar refractivity (Wildman–Crippen MR) is 105 cm³/mol. The summed E-state index contributed by atoms with van der Waals surface area (Å²) in [6.07, 6.45) is 0. The molecule has 1 heterocycles. The molecule has 26 heavy (non-hydrogen) atoms. The largest absolute Gasteiger partial charge is 0.330 e. The van der Waals surface area contributed by atoms with Gasteiger partial charge in [-0.2, -0.15) is 0 Å². The molecule has 1 amide bonds. The maximum absolute atomic E-state index is 13.2. The lowest BCUT2D eigenvalue weighted by Crippen LogP contribution is -2.15. The van der Waals surface area contributed by atoms with E-state index in [0.29, 0.717) is 15.2 Å². The minimum atomic E-state index is -0.322. The van der Waals surface area contributed by atoms with Gasteiger partial charge in [0.05, 0.1) is 5.75 Å². The molecule has 0 aliphatic rings. The molecule has 1 aromatic heterocycles. The Hall–Kier alpha value is -2.45. The lowest BCUT2D eigenvalue weighted by Gasteiger charge is -2.09. The number of nitrogens with one attached hydrogen (secondary N) is 2. The Morgan fingerprint density at radius 1 is 1.19 bits per heavy atom. The number of nitrogens with zero attached hydrogens (tertiary/aromatic N) is 2. The summed E-state index contributed by atoms with van der Waals surface area (Å²) in [7, 11) is 0. The Bertz CT molecular complexity index is 929. The van der Waals surface area contributed by atoms with E-state index < -0.39 is 0 Å². The van der Waals surface area contributed by atoms with Crippen LogP contribution in [0.1, 0.15) is 11.1 Å². The Morgan fingerprint density at radius 3 is 2.81 bits per heavy atom. The van der Waals surface area contributed by atoms with E-state index in [1.165, 1.54) is 35.2 Å². The Labute approximate surface area is 159 Å². The van der Waals surface area contributed by atoms with Crippen LogP contribution in [0.4, 0.5) is 20.9 Å². The van der Waals surface area contributed by atoms with Crippen LogP contribution in [0.2, 0.25) is 0 Å². The SMILES string of the molecule is Cc1cccc(NC(=O)CSc2nnc(Nc3cccc(F)c3)s2)c1C. The smallest absolute Gasteiger partial charge is 0.234 e. The minimum Gasteiger partial charge on any atom is -0.330 e. The molecule has 0 aliphatic carbocycles. The lowest BCUT2D eigenvalue weighted by atomic mass is 10.1. The molecule has 0 bridgehead atoms. The molecule has 0 unspecified atom stereocenters. The van der Waals surface area contributed by atoms with Crippen LogP contribution < -0.4 is 10.6 Å². The van der Waals surface area contributed by atoms with Gasteiger partial charge in [0, 0.05) is 11.4 Å². The standard InChI is InChI=1S/C18H17FN4OS2/c1-11-5-3-8-15(12(11)2)21-16(24)10-25-18-23-22-17(26-18)20-14-7-4-6-13(19)9-14/h3-9H,10H2,1-2H3,(H,20,22)(H,21,24). The van der Waals surface area contributed by atoms with Crippen LogP contribution in [0.15, 0.2) is 46.8 Å². The van der Waals surface area contributed by atoms with Crippen molar-refractivity contribution in [1.29, 1.82) is 0 Å². The third-order valence-corrected chi connectivity index (χ3v) is 5.66. The van der Waals surface area contributed by atoms with E-state index in [1.54, 1.807) is 12.1 Å². The summed E-state index contributed by atoms with van der Waals surface area (Å²) in [5.74, 6) is -0.183. The van der Waals surface area contributed by atoms with Crippen LogP contribution in [0.5, 0.6) is 0 Å². The van der Waals surface area contributed by atoms with Gasteiger partial charge in [-0.15, -0.1) is 10.2 Å². The Morgan fingerprint density at radius 2 is 2.00 bits per heavy atom. The second kappa shape index (κ2) is 8.29. The highest BCUT2D eigenvalue weighted by molar-refractivity contribution is 8.01. The number of benzene rings is 2. The number of aromatic nitrogens is 2. The summed E-state index contributed by atoms with van der Waals surface area (Å²) in [4.78, 5) is 12.2. The Kier molecular flexibility index (Phi) is 5.85. The third kappa shape index (κ3) is 4.80. The molecule has 134 valence electrons. The number of carbonyl (C=O) groups excluding carboxylic acids is 1. The van der Waals surface area contributed by atoms with Crippen LogP contribution in [-0.4, -0.2) is 21.9 Å². The van der Waals surface area contributed by atoms with Crippen molar-refractivity contribution in [1.82, 2.24) is 10.2 Å². The van der Waals surface area contributed by atoms with Gasteiger partial charge in [-0.05, 0) is 49.2 Å². The summed E-state index contributed by atoms with van der Waals surface area (Å²) < 4.78 is 13.9. The molecule has 3 rings (SSSR count). The predicted octanol–water partition coefficient (Wildman–Crippen LogP) is 4.77. The first kappa shape index (κ1) is 18.3. The highest BCUT2D eigenvalue weighted by Crippen LogP contribution is 2.28. The maximum Gasteiger partial charge on any atom is 0.234 e. The molecular weight excluding hydrogens is 371 g/mol. The second-order valence-corrected chi connectivity index (χ2v) is 7.79. The quantitative estimate of drug-likeness (QED) is 0.596. The summed E-state index contributed by atoms with van der Waals surface area (Å²) in [6.45, 7) is 3.99. The van der Waals surface area contributed by atoms with Crippen LogP contribution in [-0.2, 0) is 4.79 Å². The number of hydrogen-bond donors (Lipinski definition) is 2. The molecule has 0 radical (unpaired) electrons. The van der Waals surface area contributed by atoms with Crippen LogP contribution in [0.25, 0.3) is 0 Å². The molecule has 0 aliphatic heterocycles. The van der Waals surface area contributed by atoms with Gasteiger partial charge in [0.1, 0.15) is 5.82 Å². The van der Waals surface area contributed by atoms with Gasteiger partial charge >= 0.3 is 0 Å². The highest BCUT2D eigenvalue weighted by atomic mass is 32.2. The van der Waals surface area contributed by atoms with E-state index in [0.717, 1.165) is 16.8 Å². The first-order chi connectivity index (χ1) is 12.5. The van der Waals surface area contributed by atoms with Crippen molar-refractivity contribution < 1.29 is 9.18 Å². The molecule has 0 saturated carbocycles. The monoisotopic (exact) mass is 388 g/mol. The molecule has 2 aromatic carbocycles. The zero-order valence-corrected chi connectivity index (χ0v) is 15.9. The van der Waals surface area contributed by atoms with Gasteiger partial charge in [0.25, 0.3) is 0 Å². The molecule has 8 heteroatoms. The molecule has 2 N–H and O–H groups in total. The van der Waals surface area contributed by atoms with E-state index in [2.05, 4.69) is 20.8 Å². The molecule has 3 aromatic rings. The molecule has 5 nitrogen and oxygen atoms in total. The number of aryl methyl sites for hydroxylation is 1. The van der Waals surface area contributed by atoms with Crippen molar-refractivity contribution in [2.24, 2.45) is 0 Å². The number of halogens is 1. The van der Waals surface area contributed by atoms with Crippen molar-refractivity contribution in [3.63, 3.8) is 0 Å². The summed E-state index contributed by atoms with van der Waals surface area (Å²) in [6, 6.07) is 11.9. The van der Waals surface area contributed by atoms with Crippen molar-refractivity contribution in [3.05, 3.63) is 59.4 Å². The average molecular weight is 388 g/mol. The van der Waals surface area contributed by atoms with E-state index in [4.69, 9.17) is 0 Å². The topological polar surface area (TPSA) is 66.9 Å². The summed E-state index contributed by atoms with van der Waals surface area (Å²) >= 11 is 2.63. The summed E-state index contributed by atoms with van der Waals surface area (Å²) in [5, 5.41) is 14.5. The van der Waals surface area contributed by atoms with Crippen molar-refractivity contribution in [3.8, 4) is 0 Å². The van der Waals surface area contributed by atoms with Gasteiger partial charge in [0.2, 0.25) is 11.0 Å². The molecule has 0 saturated heterocycles. The van der Waals surface area contributed by atoms with E-state index in [1.807, 2.05) is 32.0 Å². The number of thioether (sulfide) groups is 1. The maximum atomic E-state index is 13.2. The number of amides is 1. The van der Waals surface area contributed by atoms with Crippen molar-refractivity contribution in [2.45, 2.75) is 18.2 Å². The number of anilines is 3. The van der Waals surface area contributed by atoms with E-state index in [9.17, 15) is 9.18 Å². The summed E-state index contributed by atoms with van der Waals surface area (Å²) in [5.41, 5.74) is 3.61. The Balaban J connectivity index is 1.54. The third-order valence-electron chi connectivity index (χ3n) is 3.69. The normalized spacial score (nSPS) is 10.6. The van der Waals surface area contributed by atoms with E-state index >= 15 is 0 Å². The molecule has 0 spiro atoms. The number of hydrogen-bond acceptors (Lipinski definition) is 6.